The van der Waals surface area contributed by atoms with E-state index in [0.717, 1.165) is 31.2 Å². The van der Waals surface area contributed by atoms with Gasteiger partial charge in [0.25, 0.3) is 5.91 Å². The Morgan fingerprint density at radius 1 is 1.22 bits per heavy atom. The molecule has 1 aromatic carbocycles. The van der Waals surface area contributed by atoms with E-state index in [1.165, 1.54) is 6.07 Å². The summed E-state index contributed by atoms with van der Waals surface area (Å²) in [6.45, 7) is 0.424. The molecule has 3 fully saturated rings. The zero-order valence-electron chi connectivity index (χ0n) is 12.9. The average Bonchev–Trinajstić information content (AvgIpc) is 3.25. The smallest absolute Gasteiger partial charge is 0.254 e. The monoisotopic (exact) mass is 319 g/mol. The second kappa shape index (κ2) is 5.56. The first-order chi connectivity index (χ1) is 11.0. The topological polar surface area (TPSA) is 69.6 Å². The van der Waals surface area contributed by atoms with Crippen LogP contribution in [0.25, 0.3) is 0 Å². The lowest BCUT2D eigenvalue weighted by Crippen LogP contribution is -2.41. The number of nitrogens with one attached hydrogen (secondary N) is 1. The Bertz CT molecular complexity index is 629. The van der Waals surface area contributed by atoms with Crippen molar-refractivity contribution in [3.63, 3.8) is 0 Å². The Balaban J connectivity index is 1.37. The summed E-state index contributed by atoms with van der Waals surface area (Å²) in [4.78, 5) is 12.2. The van der Waals surface area contributed by atoms with Gasteiger partial charge in [0.05, 0.1) is 17.8 Å². The summed E-state index contributed by atoms with van der Waals surface area (Å²) in [6.07, 6.45) is 2.51. The standard InChI is InChI=1S/C18H22FNO3/c19-15-7-10(9-1-2-9)3-4-13(15)18(23)20-8-12-5-11-6-14(12)17(22)16(11)21/h3-4,7,9,11-12,14,16-17,21-22H,1-2,5-6,8H2,(H,20,23)/t11-,12-,14-,16+,17-/m1/s1. The molecule has 0 spiro atoms. The zero-order valence-corrected chi connectivity index (χ0v) is 12.9. The number of fused-ring (bicyclic) bond motifs is 2. The van der Waals surface area contributed by atoms with E-state index >= 15 is 0 Å². The molecule has 3 aliphatic carbocycles. The molecule has 3 N–H and O–H groups in total. The van der Waals surface area contributed by atoms with E-state index in [1.807, 2.05) is 6.07 Å². The highest BCUT2D eigenvalue weighted by atomic mass is 19.1. The molecule has 0 radical (unpaired) electrons. The maximum atomic E-state index is 14.1. The first-order valence-electron chi connectivity index (χ1n) is 8.48. The van der Waals surface area contributed by atoms with Crippen LogP contribution in [-0.4, -0.2) is 34.9 Å². The third-order valence-corrected chi connectivity index (χ3v) is 5.87. The van der Waals surface area contributed by atoms with Crippen LogP contribution < -0.4 is 5.32 Å². The van der Waals surface area contributed by atoms with Gasteiger partial charge in [-0.15, -0.1) is 0 Å². The molecule has 0 saturated heterocycles. The third kappa shape index (κ3) is 2.66. The molecule has 5 heteroatoms. The molecular weight excluding hydrogens is 297 g/mol. The van der Waals surface area contributed by atoms with E-state index in [2.05, 4.69) is 5.32 Å². The molecular formula is C18H22FNO3. The van der Waals surface area contributed by atoms with E-state index in [-0.39, 0.29) is 23.3 Å². The number of aliphatic hydroxyl groups is 2. The van der Waals surface area contributed by atoms with Crippen LogP contribution in [0.15, 0.2) is 18.2 Å². The van der Waals surface area contributed by atoms with Crippen LogP contribution in [0, 0.1) is 23.6 Å². The van der Waals surface area contributed by atoms with Gasteiger partial charge in [-0.1, -0.05) is 6.07 Å². The van der Waals surface area contributed by atoms with Gasteiger partial charge in [0.2, 0.25) is 0 Å². The van der Waals surface area contributed by atoms with E-state index in [9.17, 15) is 19.4 Å². The van der Waals surface area contributed by atoms with Crippen molar-refractivity contribution in [2.24, 2.45) is 17.8 Å². The third-order valence-electron chi connectivity index (χ3n) is 5.87. The highest BCUT2D eigenvalue weighted by Crippen LogP contribution is 2.48. The van der Waals surface area contributed by atoms with Crippen LogP contribution in [0.1, 0.15) is 47.5 Å². The molecule has 0 aliphatic heterocycles. The second-order valence-corrected chi connectivity index (χ2v) is 7.36. The molecule has 124 valence electrons. The lowest BCUT2D eigenvalue weighted by molar-refractivity contribution is -0.0332. The summed E-state index contributed by atoms with van der Waals surface area (Å²) in [5, 5.41) is 22.5. The second-order valence-electron chi connectivity index (χ2n) is 7.36. The van der Waals surface area contributed by atoms with Crippen molar-refractivity contribution >= 4 is 5.91 Å². The predicted molar refractivity (Wildman–Crippen MR) is 82.4 cm³/mol. The molecule has 0 unspecified atom stereocenters. The summed E-state index contributed by atoms with van der Waals surface area (Å²) >= 11 is 0. The van der Waals surface area contributed by atoms with Gasteiger partial charge in [0.15, 0.2) is 0 Å². The van der Waals surface area contributed by atoms with Crippen LogP contribution in [0.3, 0.4) is 0 Å². The van der Waals surface area contributed by atoms with Crippen LogP contribution in [0.2, 0.25) is 0 Å². The Morgan fingerprint density at radius 2 is 2.00 bits per heavy atom. The first kappa shape index (κ1) is 15.1. The highest BCUT2D eigenvalue weighted by molar-refractivity contribution is 5.94. The summed E-state index contributed by atoms with van der Waals surface area (Å²) in [5.74, 6) is -0.0680. The van der Waals surface area contributed by atoms with Crippen molar-refractivity contribution in [1.29, 1.82) is 0 Å². The highest BCUT2D eigenvalue weighted by Gasteiger charge is 2.51. The minimum atomic E-state index is -0.690. The average molecular weight is 319 g/mol. The number of hydrogen-bond acceptors (Lipinski definition) is 3. The van der Waals surface area contributed by atoms with Gasteiger partial charge in [0.1, 0.15) is 5.82 Å². The van der Waals surface area contributed by atoms with Gasteiger partial charge in [0, 0.05) is 6.54 Å². The number of aliphatic hydroxyl groups excluding tert-OH is 2. The van der Waals surface area contributed by atoms with Gasteiger partial charge < -0.3 is 15.5 Å². The van der Waals surface area contributed by atoms with E-state index in [0.29, 0.717) is 12.5 Å². The zero-order chi connectivity index (χ0) is 16.1. The lowest BCUT2D eigenvalue weighted by atomic mass is 9.85. The van der Waals surface area contributed by atoms with E-state index < -0.39 is 23.9 Å². The number of amides is 1. The quantitative estimate of drug-likeness (QED) is 0.793. The number of halogens is 1. The normalized spacial score (nSPS) is 35.5. The number of hydrogen-bond donors (Lipinski definition) is 3. The Labute approximate surface area is 134 Å². The van der Waals surface area contributed by atoms with Crippen molar-refractivity contribution < 1.29 is 19.4 Å². The Kier molecular flexibility index (Phi) is 3.65. The van der Waals surface area contributed by atoms with Crippen molar-refractivity contribution in [2.75, 3.05) is 6.54 Å². The Hall–Kier alpha value is -1.46. The number of rotatable bonds is 4. The number of carbonyl (C=O) groups is 1. The molecule has 2 bridgehead atoms. The molecule has 3 aliphatic rings. The Morgan fingerprint density at radius 3 is 2.61 bits per heavy atom. The molecule has 5 atom stereocenters. The molecule has 0 heterocycles. The molecule has 3 saturated carbocycles. The molecule has 1 aromatic rings. The fourth-order valence-corrected chi connectivity index (χ4v) is 4.37. The van der Waals surface area contributed by atoms with Crippen molar-refractivity contribution in [3.8, 4) is 0 Å². The maximum absolute atomic E-state index is 14.1. The van der Waals surface area contributed by atoms with E-state index in [1.54, 1.807) is 6.07 Å². The predicted octanol–water partition coefficient (Wildman–Crippen LogP) is 1.81. The number of benzene rings is 1. The molecule has 4 rings (SSSR count). The first-order valence-corrected chi connectivity index (χ1v) is 8.48. The summed E-state index contributed by atoms with van der Waals surface area (Å²) in [7, 11) is 0. The van der Waals surface area contributed by atoms with Gasteiger partial charge in [-0.25, -0.2) is 4.39 Å². The summed E-state index contributed by atoms with van der Waals surface area (Å²) in [6, 6.07) is 4.88. The van der Waals surface area contributed by atoms with Gasteiger partial charge in [-0.3, -0.25) is 4.79 Å². The minimum Gasteiger partial charge on any atom is -0.390 e. The van der Waals surface area contributed by atoms with Gasteiger partial charge >= 0.3 is 0 Å². The molecule has 1 amide bonds. The molecule has 0 aromatic heterocycles. The summed E-state index contributed by atoms with van der Waals surface area (Å²) in [5.41, 5.74) is 1.06. The fraction of sp³-hybridized carbons (Fsp3) is 0.611. The fourth-order valence-electron chi connectivity index (χ4n) is 4.37. The van der Waals surface area contributed by atoms with Crippen molar-refractivity contribution in [3.05, 3.63) is 35.1 Å². The van der Waals surface area contributed by atoms with Crippen LogP contribution in [0.4, 0.5) is 4.39 Å². The number of carbonyl (C=O) groups excluding carboxylic acids is 1. The van der Waals surface area contributed by atoms with Gasteiger partial charge in [-0.05, 0) is 67.1 Å². The minimum absolute atomic E-state index is 0.0392. The molecule has 23 heavy (non-hydrogen) atoms. The lowest BCUT2D eigenvalue weighted by Gasteiger charge is -2.29. The SMILES string of the molecule is O=C(NC[C@H]1C[C@@H]2C[C@H]1[C@@H](O)[C@H]2O)c1ccc(C2CC2)cc1F. The maximum Gasteiger partial charge on any atom is 0.254 e. The summed E-state index contributed by atoms with van der Waals surface area (Å²) < 4.78 is 14.1. The van der Waals surface area contributed by atoms with Crippen LogP contribution in [0.5, 0.6) is 0 Å². The van der Waals surface area contributed by atoms with Crippen LogP contribution >= 0.6 is 0 Å². The van der Waals surface area contributed by atoms with Crippen molar-refractivity contribution in [2.45, 2.75) is 43.8 Å². The van der Waals surface area contributed by atoms with E-state index in [4.69, 9.17) is 0 Å². The van der Waals surface area contributed by atoms with Crippen molar-refractivity contribution in [1.82, 2.24) is 5.32 Å². The largest absolute Gasteiger partial charge is 0.390 e. The van der Waals surface area contributed by atoms with Gasteiger partial charge in [-0.2, -0.15) is 0 Å². The molecule has 4 nitrogen and oxygen atoms in total. The van der Waals surface area contributed by atoms with Crippen LogP contribution in [-0.2, 0) is 0 Å².